The third-order valence-corrected chi connectivity index (χ3v) is 7.24. The van der Waals surface area contributed by atoms with E-state index in [0.29, 0.717) is 11.6 Å². The molecule has 2 aliphatic rings. The predicted molar refractivity (Wildman–Crippen MR) is 150 cm³/mol. The molecule has 4 nitrogen and oxygen atoms in total. The summed E-state index contributed by atoms with van der Waals surface area (Å²) >= 11 is 0. The third-order valence-electron chi connectivity index (χ3n) is 7.24. The summed E-state index contributed by atoms with van der Waals surface area (Å²) < 4.78 is 0. The van der Waals surface area contributed by atoms with Gasteiger partial charge in [-0.1, -0.05) is 60.7 Å². The Bertz CT molecular complexity index is 921. The van der Waals surface area contributed by atoms with Crippen LogP contribution in [0.1, 0.15) is 102 Å². The van der Waals surface area contributed by atoms with Crippen LogP contribution < -0.4 is 10.6 Å². The monoisotopic (exact) mass is 490 g/mol. The van der Waals surface area contributed by atoms with Crippen LogP contribution in [0.25, 0.3) is 0 Å². The highest BCUT2D eigenvalue weighted by Gasteiger charge is 2.41. The Morgan fingerprint density at radius 2 is 0.778 bits per heavy atom. The topological polar surface area (TPSA) is 58.2 Å². The number of ketones is 2. The van der Waals surface area contributed by atoms with Crippen LogP contribution in [0.15, 0.2) is 60.7 Å². The van der Waals surface area contributed by atoms with E-state index in [1.807, 2.05) is 60.7 Å². The molecule has 2 fully saturated rings. The van der Waals surface area contributed by atoms with Crippen LogP contribution >= 0.6 is 0 Å². The van der Waals surface area contributed by atoms with E-state index in [1.165, 1.54) is 0 Å². The van der Waals surface area contributed by atoms with Crippen molar-refractivity contribution >= 4 is 11.6 Å². The summed E-state index contributed by atoms with van der Waals surface area (Å²) in [5.74, 6) is 0.828. The highest BCUT2D eigenvalue weighted by atomic mass is 16.1. The van der Waals surface area contributed by atoms with E-state index in [0.717, 1.165) is 36.8 Å². The second kappa shape index (κ2) is 10.6. The molecule has 0 radical (unpaired) electrons. The van der Waals surface area contributed by atoms with Gasteiger partial charge in [0.05, 0.1) is 0 Å². The number of Topliss-reactive ketones (excluding diaryl/α,β-unsaturated/α-hetero) is 2. The van der Waals surface area contributed by atoms with Gasteiger partial charge in [0.1, 0.15) is 0 Å². The lowest BCUT2D eigenvalue weighted by molar-refractivity contribution is 0.0733. The van der Waals surface area contributed by atoms with E-state index < -0.39 is 0 Å². The molecule has 4 heteroatoms. The molecule has 0 aromatic heterocycles. The Balaban J connectivity index is 0.000000201. The Labute approximate surface area is 218 Å². The molecule has 0 atom stereocenters. The first-order chi connectivity index (χ1) is 16.6. The maximum absolute atomic E-state index is 12.5. The van der Waals surface area contributed by atoms with Gasteiger partial charge in [0.2, 0.25) is 0 Å². The lowest BCUT2D eigenvalue weighted by Gasteiger charge is -2.46. The molecule has 4 rings (SSSR count). The van der Waals surface area contributed by atoms with E-state index in [-0.39, 0.29) is 34.0 Å². The number of rotatable bonds is 4. The fourth-order valence-corrected chi connectivity index (χ4v) is 6.69. The zero-order valence-corrected chi connectivity index (χ0v) is 23.6. The summed E-state index contributed by atoms with van der Waals surface area (Å²) in [6, 6.07) is 19.3. The first kappa shape index (κ1) is 28.3. The Morgan fingerprint density at radius 1 is 0.528 bits per heavy atom. The van der Waals surface area contributed by atoms with Gasteiger partial charge >= 0.3 is 0 Å². The van der Waals surface area contributed by atoms with Crippen LogP contribution in [0.2, 0.25) is 0 Å². The lowest BCUT2D eigenvalue weighted by atomic mass is 9.73. The van der Waals surface area contributed by atoms with Gasteiger partial charge in [-0.05, 0) is 81.1 Å². The quantitative estimate of drug-likeness (QED) is 0.460. The minimum atomic E-state index is 0.0247. The average molecular weight is 491 g/mol. The number of carbonyl (C=O) groups is 2. The number of hydrogen-bond acceptors (Lipinski definition) is 4. The summed E-state index contributed by atoms with van der Waals surface area (Å²) in [7, 11) is 0. The molecule has 0 bridgehead atoms. The molecule has 0 unspecified atom stereocenters. The normalized spacial score (nSPS) is 22.7. The molecule has 2 aromatic carbocycles. The fraction of sp³-hybridized carbons (Fsp3) is 0.562. The van der Waals surface area contributed by atoms with Crippen LogP contribution in [-0.2, 0) is 0 Å². The van der Waals surface area contributed by atoms with E-state index >= 15 is 0 Å². The Hall–Kier alpha value is -2.30. The van der Waals surface area contributed by atoms with Gasteiger partial charge in [-0.25, -0.2) is 0 Å². The van der Waals surface area contributed by atoms with Gasteiger partial charge in [-0.2, -0.15) is 0 Å². The van der Waals surface area contributed by atoms with Gasteiger partial charge in [-0.3, -0.25) is 9.59 Å². The van der Waals surface area contributed by atoms with Crippen molar-refractivity contribution in [2.24, 2.45) is 11.8 Å². The maximum atomic E-state index is 12.5. The Kier molecular flexibility index (Phi) is 8.32. The second-order valence-corrected chi connectivity index (χ2v) is 13.5. The standard InChI is InChI=1S/2C16H23NO/c2*1-15(2)10-13(11-16(3,4)17-15)14(18)12-8-6-5-7-9-12/h2*5-9,13,17H,10-11H2,1-4H3. The summed E-state index contributed by atoms with van der Waals surface area (Å²) in [5, 5.41) is 7.23. The van der Waals surface area contributed by atoms with Crippen LogP contribution in [0.5, 0.6) is 0 Å². The highest BCUT2D eigenvalue weighted by Crippen LogP contribution is 2.35. The molecule has 0 saturated carbocycles. The maximum Gasteiger partial charge on any atom is 0.166 e. The zero-order valence-electron chi connectivity index (χ0n) is 23.6. The predicted octanol–water partition coefficient (Wildman–Crippen LogP) is 6.85. The molecule has 2 N–H and O–H groups in total. The molecular weight excluding hydrogens is 444 g/mol. The number of hydrogen-bond donors (Lipinski definition) is 2. The molecule has 2 aromatic rings. The summed E-state index contributed by atoms with van der Waals surface area (Å²) in [5.41, 5.74) is 1.79. The number of piperidine rings is 2. The van der Waals surface area contributed by atoms with Crippen molar-refractivity contribution in [2.75, 3.05) is 0 Å². The minimum Gasteiger partial charge on any atom is -0.307 e. The van der Waals surface area contributed by atoms with Gasteiger partial charge in [0.15, 0.2) is 11.6 Å². The zero-order chi connectivity index (χ0) is 26.8. The van der Waals surface area contributed by atoms with E-state index in [9.17, 15) is 9.59 Å². The smallest absolute Gasteiger partial charge is 0.166 e. The van der Waals surface area contributed by atoms with Crippen LogP contribution in [0, 0.1) is 11.8 Å². The van der Waals surface area contributed by atoms with Gasteiger partial charge in [0, 0.05) is 45.1 Å². The van der Waals surface area contributed by atoms with Crippen molar-refractivity contribution in [3.8, 4) is 0 Å². The molecular formula is C32H46N2O2. The SMILES string of the molecule is CC1(C)CC(C(=O)c2ccccc2)CC(C)(C)N1.CC1(C)CC(C(=O)c2ccccc2)CC(C)(C)N1. The molecule has 2 aliphatic heterocycles. The van der Waals surface area contributed by atoms with Gasteiger partial charge in [0.25, 0.3) is 0 Å². The molecule has 196 valence electrons. The molecule has 0 aliphatic carbocycles. The molecule has 0 spiro atoms. The molecule has 2 saturated heterocycles. The summed E-state index contributed by atoms with van der Waals surface area (Å²) in [4.78, 5) is 25.1. The lowest BCUT2D eigenvalue weighted by Crippen LogP contribution is -2.58. The third kappa shape index (κ3) is 7.85. The van der Waals surface area contributed by atoms with Crippen LogP contribution in [0.4, 0.5) is 0 Å². The van der Waals surface area contributed by atoms with Crippen molar-refractivity contribution in [3.63, 3.8) is 0 Å². The van der Waals surface area contributed by atoms with Crippen LogP contribution in [0.3, 0.4) is 0 Å². The van der Waals surface area contributed by atoms with Gasteiger partial charge in [-0.15, -0.1) is 0 Å². The van der Waals surface area contributed by atoms with Crippen molar-refractivity contribution in [2.45, 2.75) is 103 Å². The largest absolute Gasteiger partial charge is 0.307 e. The van der Waals surface area contributed by atoms with Crippen molar-refractivity contribution < 1.29 is 9.59 Å². The molecule has 2 heterocycles. The Morgan fingerprint density at radius 3 is 1.03 bits per heavy atom. The molecule has 36 heavy (non-hydrogen) atoms. The van der Waals surface area contributed by atoms with E-state index in [2.05, 4.69) is 66.0 Å². The van der Waals surface area contributed by atoms with E-state index in [1.54, 1.807) is 0 Å². The van der Waals surface area contributed by atoms with Crippen molar-refractivity contribution in [3.05, 3.63) is 71.8 Å². The summed E-state index contributed by atoms with van der Waals surface area (Å²) in [6.45, 7) is 17.4. The van der Waals surface area contributed by atoms with Crippen molar-refractivity contribution in [1.82, 2.24) is 10.6 Å². The summed E-state index contributed by atoms with van der Waals surface area (Å²) in [6.07, 6.45) is 3.63. The second-order valence-electron chi connectivity index (χ2n) is 13.5. The fourth-order valence-electron chi connectivity index (χ4n) is 6.69. The van der Waals surface area contributed by atoms with Crippen molar-refractivity contribution in [1.29, 1.82) is 0 Å². The minimum absolute atomic E-state index is 0.0247. The van der Waals surface area contributed by atoms with Gasteiger partial charge < -0.3 is 10.6 Å². The van der Waals surface area contributed by atoms with Crippen LogP contribution in [-0.4, -0.2) is 33.7 Å². The number of nitrogens with one attached hydrogen (secondary N) is 2. The number of benzene rings is 2. The van der Waals surface area contributed by atoms with E-state index in [4.69, 9.17) is 0 Å². The molecule has 0 amide bonds. The highest BCUT2D eigenvalue weighted by molar-refractivity contribution is 5.98. The number of carbonyl (C=O) groups excluding carboxylic acids is 2. The first-order valence-electron chi connectivity index (χ1n) is 13.4. The first-order valence-corrected chi connectivity index (χ1v) is 13.4. The average Bonchev–Trinajstić information content (AvgIpc) is 2.75.